The molecular formula is C12H20N2O2. The van der Waals surface area contributed by atoms with Crippen LogP contribution in [0.15, 0.2) is 0 Å². The first kappa shape index (κ1) is 13.0. The van der Waals surface area contributed by atoms with E-state index in [1.807, 2.05) is 17.9 Å². The Bertz CT molecular complexity index is 285. The molecule has 0 aromatic rings. The van der Waals surface area contributed by atoms with Crippen molar-refractivity contribution in [1.82, 2.24) is 4.90 Å². The Morgan fingerprint density at radius 1 is 1.69 bits per heavy atom. The van der Waals surface area contributed by atoms with Crippen molar-refractivity contribution in [2.24, 2.45) is 11.8 Å². The molecule has 1 heterocycles. The SMILES string of the molecule is COC1CN(C(=O)C(C)CC#N)CCC1C. The molecule has 1 aliphatic heterocycles. The fourth-order valence-electron chi connectivity index (χ4n) is 2.08. The van der Waals surface area contributed by atoms with E-state index in [4.69, 9.17) is 10.00 Å². The van der Waals surface area contributed by atoms with Gasteiger partial charge in [0, 0.05) is 32.5 Å². The highest BCUT2D eigenvalue weighted by Crippen LogP contribution is 2.21. The summed E-state index contributed by atoms with van der Waals surface area (Å²) in [6.45, 7) is 5.40. The van der Waals surface area contributed by atoms with E-state index < -0.39 is 0 Å². The molecule has 1 fully saturated rings. The molecule has 4 nitrogen and oxygen atoms in total. The summed E-state index contributed by atoms with van der Waals surface area (Å²) in [5.41, 5.74) is 0. The molecule has 0 aromatic heterocycles. The molecule has 0 N–H and O–H groups in total. The first-order valence-electron chi connectivity index (χ1n) is 5.78. The zero-order valence-electron chi connectivity index (χ0n) is 10.3. The number of amides is 1. The van der Waals surface area contributed by atoms with Gasteiger partial charge in [0.1, 0.15) is 0 Å². The highest BCUT2D eigenvalue weighted by atomic mass is 16.5. The van der Waals surface area contributed by atoms with E-state index in [1.165, 1.54) is 0 Å². The van der Waals surface area contributed by atoms with Gasteiger partial charge in [-0.2, -0.15) is 5.26 Å². The molecule has 3 unspecified atom stereocenters. The van der Waals surface area contributed by atoms with Crippen LogP contribution in [0.1, 0.15) is 26.7 Å². The third-order valence-electron chi connectivity index (χ3n) is 3.32. The summed E-state index contributed by atoms with van der Waals surface area (Å²) in [7, 11) is 1.69. The summed E-state index contributed by atoms with van der Waals surface area (Å²) in [5.74, 6) is 0.381. The van der Waals surface area contributed by atoms with Gasteiger partial charge < -0.3 is 9.64 Å². The van der Waals surface area contributed by atoms with Crippen LogP contribution in [0.25, 0.3) is 0 Å². The zero-order chi connectivity index (χ0) is 12.1. The standard InChI is InChI=1S/C12H20N2O2/c1-9-5-7-14(8-11(9)16-3)12(15)10(2)4-6-13/h9-11H,4-5,7-8H2,1-3H3. The van der Waals surface area contributed by atoms with Crippen LogP contribution in [0.4, 0.5) is 0 Å². The van der Waals surface area contributed by atoms with Crippen molar-refractivity contribution in [2.45, 2.75) is 32.8 Å². The molecule has 3 atom stereocenters. The van der Waals surface area contributed by atoms with Gasteiger partial charge in [-0.05, 0) is 12.3 Å². The minimum atomic E-state index is -0.198. The number of methoxy groups -OCH3 is 1. The average Bonchev–Trinajstić information content (AvgIpc) is 2.29. The smallest absolute Gasteiger partial charge is 0.226 e. The summed E-state index contributed by atoms with van der Waals surface area (Å²) in [6, 6.07) is 2.04. The van der Waals surface area contributed by atoms with Crippen molar-refractivity contribution in [1.29, 1.82) is 5.26 Å². The minimum Gasteiger partial charge on any atom is -0.379 e. The lowest BCUT2D eigenvalue weighted by molar-refractivity contribution is -0.139. The molecule has 0 aromatic carbocycles. The summed E-state index contributed by atoms with van der Waals surface area (Å²) < 4.78 is 5.36. The van der Waals surface area contributed by atoms with Crippen molar-refractivity contribution >= 4 is 5.91 Å². The fraction of sp³-hybridized carbons (Fsp3) is 0.833. The maximum atomic E-state index is 12.0. The number of nitrogens with zero attached hydrogens (tertiary/aromatic N) is 2. The van der Waals surface area contributed by atoms with E-state index in [0.717, 1.165) is 13.0 Å². The molecule has 0 bridgehead atoms. The van der Waals surface area contributed by atoms with E-state index in [-0.39, 0.29) is 17.9 Å². The Balaban J connectivity index is 2.55. The van der Waals surface area contributed by atoms with Gasteiger partial charge in [-0.1, -0.05) is 13.8 Å². The van der Waals surface area contributed by atoms with Crippen LogP contribution in [0, 0.1) is 23.2 Å². The summed E-state index contributed by atoms with van der Waals surface area (Å²) >= 11 is 0. The predicted octanol–water partition coefficient (Wildman–Crippen LogP) is 1.42. The second kappa shape index (κ2) is 5.86. The lowest BCUT2D eigenvalue weighted by atomic mass is 9.94. The molecule has 1 saturated heterocycles. The summed E-state index contributed by atoms with van der Waals surface area (Å²) in [5, 5.41) is 8.58. The Kier molecular flexibility index (Phi) is 4.75. The number of likely N-dealkylation sites (tertiary alicyclic amines) is 1. The average molecular weight is 224 g/mol. The van der Waals surface area contributed by atoms with Crippen LogP contribution in [0.2, 0.25) is 0 Å². The largest absolute Gasteiger partial charge is 0.379 e. The van der Waals surface area contributed by atoms with Crippen molar-refractivity contribution in [2.75, 3.05) is 20.2 Å². The van der Waals surface area contributed by atoms with Crippen molar-refractivity contribution < 1.29 is 9.53 Å². The molecular weight excluding hydrogens is 204 g/mol. The van der Waals surface area contributed by atoms with Gasteiger partial charge in [0.2, 0.25) is 5.91 Å². The van der Waals surface area contributed by atoms with Gasteiger partial charge in [-0.25, -0.2) is 0 Å². The Morgan fingerprint density at radius 3 is 2.94 bits per heavy atom. The third kappa shape index (κ3) is 2.96. The van der Waals surface area contributed by atoms with Crippen LogP contribution in [-0.4, -0.2) is 37.1 Å². The first-order valence-corrected chi connectivity index (χ1v) is 5.78. The second-order valence-electron chi connectivity index (χ2n) is 4.59. The molecule has 0 saturated carbocycles. The molecule has 4 heteroatoms. The number of ether oxygens (including phenoxy) is 1. The topological polar surface area (TPSA) is 53.3 Å². The molecule has 0 radical (unpaired) electrons. The lowest BCUT2D eigenvalue weighted by Gasteiger charge is -2.37. The number of rotatable bonds is 3. The van der Waals surface area contributed by atoms with Crippen LogP contribution in [0.3, 0.4) is 0 Å². The normalized spacial score (nSPS) is 27.2. The van der Waals surface area contributed by atoms with Gasteiger partial charge in [0.05, 0.1) is 12.2 Å². The Labute approximate surface area is 97.2 Å². The molecule has 0 aliphatic carbocycles. The molecule has 1 rings (SSSR count). The van der Waals surface area contributed by atoms with E-state index >= 15 is 0 Å². The summed E-state index contributed by atoms with van der Waals surface area (Å²) in [4.78, 5) is 13.8. The number of hydrogen-bond acceptors (Lipinski definition) is 3. The van der Waals surface area contributed by atoms with Gasteiger partial charge in [0.25, 0.3) is 0 Å². The monoisotopic (exact) mass is 224 g/mol. The number of carbonyl (C=O) groups excluding carboxylic acids is 1. The number of carbonyl (C=O) groups is 1. The third-order valence-corrected chi connectivity index (χ3v) is 3.32. The van der Waals surface area contributed by atoms with Gasteiger partial charge in [-0.3, -0.25) is 4.79 Å². The molecule has 0 spiro atoms. The lowest BCUT2D eigenvalue weighted by Crippen LogP contribution is -2.48. The van der Waals surface area contributed by atoms with Crippen LogP contribution >= 0.6 is 0 Å². The number of nitriles is 1. The van der Waals surface area contributed by atoms with E-state index in [0.29, 0.717) is 18.9 Å². The van der Waals surface area contributed by atoms with Crippen molar-refractivity contribution in [3.8, 4) is 6.07 Å². The molecule has 1 aliphatic rings. The van der Waals surface area contributed by atoms with Gasteiger partial charge in [0.15, 0.2) is 0 Å². The number of piperidine rings is 1. The van der Waals surface area contributed by atoms with Crippen molar-refractivity contribution in [3.63, 3.8) is 0 Å². The molecule has 90 valence electrons. The molecule has 1 amide bonds. The van der Waals surface area contributed by atoms with Crippen LogP contribution < -0.4 is 0 Å². The van der Waals surface area contributed by atoms with Crippen molar-refractivity contribution in [3.05, 3.63) is 0 Å². The van der Waals surface area contributed by atoms with Gasteiger partial charge in [-0.15, -0.1) is 0 Å². The van der Waals surface area contributed by atoms with Crippen LogP contribution in [0.5, 0.6) is 0 Å². The minimum absolute atomic E-state index is 0.0792. The van der Waals surface area contributed by atoms with E-state index in [1.54, 1.807) is 7.11 Å². The highest BCUT2D eigenvalue weighted by molar-refractivity contribution is 5.78. The van der Waals surface area contributed by atoms with E-state index in [9.17, 15) is 4.79 Å². The van der Waals surface area contributed by atoms with Gasteiger partial charge >= 0.3 is 0 Å². The number of hydrogen-bond donors (Lipinski definition) is 0. The van der Waals surface area contributed by atoms with E-state index in [2.05, 4.69) is 6.92 Å². The second-order valence-corrected chi connectivity index (χ2v) is 4.59. The maximum Gasteiger partial charge on any atom is 0.226 e. The predicted molar refractivity (Wildman–Crippen MR) is 60.6 cm³/mol. The summed E-state index contributed by atoms with van der Waals surface area (Å²) in [6.07, 6.45) is 1.40. The maximum absolute atomic E-state index is 12.0. The zero-order valence-corrected chi connectivity index (χ0v) is 10.3. The highest BCUT2D eigenvalue weighted by Gasteiger charge is 2.30. The Morgan fingerprint density at radius 2 is 2.38 bits per heavy atom. The first-order chi connectivity index (χ1) is 7.60. The fourth-order valence-corrected chi connectivity index (χ4v) is 2.08. The Hall–Kier alpha value is -1.08. The molecule has 16 heavy (non-hydrogen) atoms. The quantitative estimate of drug-likeness (QED) is 0.728. The van der Waals surface area contributed by atoms with Crippen LogP contribution in [-0.2, 0) is 9.53 Å².